The van der Waals surface area contributed by atoms with E-state index < -0.39 is 12.2 Å². The Bertz CT molecular complexity index is 2010. The van der Waals surface area contributed by atoms with Gasteiger partial charge in [0.25, 0.3) is 5.91 Å². The molecular formula is C47H62N6O7. The molecule has 322 valence electrons. The van der Waals surface area contributed by atoms with Crippen molar-refractivity contribution in [3.05, 3.63) is 88.0 Å². The average molecular weight is 823 g/mol. The number of esters is 1. The van der Waals surface area contributed by atoms with Crippen LogP contribution in [0, 0.1) is 13.8 Å². The van der Waals surface area contributed by atoms with E-state index in [2.05, 4.69) is 21.2 Å². The summed E-state index contributed by atoms with van der Waals surface area (Å²) in [5, 5.41) is 13.5. The highest BCUT2D eigenvalue weighted by molar-refractivity contribution is 5.91. The first-order valence-electron chi connectivity index (χ1n) is 21.6. The zero-order chi connectivity index (χ0) is 41.0. The predicted octanol–water partition coefficient (Wildman–Crippen LogP) is 5.95. The zero-order valence-electron chi connectivity index (χ0n) is 34.5. The molecule has 8 rings (SSSR count). The first kappa shape index (κ1) is 43.0. The first-order chi connectivity index (χ1) is 28.6. The number of nitrogens with one attached hydrogen (secondary N) is 1. The lowest BCUT2D eigenvalue weighted by Gasteiger charge is -2.43. The summed E-state index contributed by atoms with van der Waals surface area (Å²) in [6.45, 7) is 9.74. The van der Waals surface area contributed by atoms with Crippen LogP contribution < -0.4 is 10.1 Å². The summed E-state index contributed by atoms with van der Waals surface area (Å²) < 4.78 is 11.8. The third-order valence-corrected chi connectivity index (χ3v) is 13.1. The van der Waals surface area contributed by atoms with Gasteiger partial charge in [-0.25, -0.2) is 9.59 Å². The normalized spacial score (nSPS) is 19.7. The summed E-state index contributed by atoms with van der Waals surface area (Å²) in [6, 6.07) is 17.8. The number of para-hydroxylation sites is 1. The molecule has 2 N–H and O–H groups in total. The maximum absolute atomic E-state index is 14.3. The van der Waals surface area contributed by atoms with E-state index in [4.69, 9.17) is 9.47 Å². The van der Waals surface area contributed by atoms with Gasteiger partial charge in [-0.3, -0.25) is 19.4 Å². The van der Waals surface area contributed by atoms with Gasteiger partial charge in [0.05, 0.1) is 6.54 Å². The monoisotopic (exact) mass is 822 g/mol. The Labute approximate surface area is 354 Å². The molecule has 3 aromatic carbocycles. The molecule has 0 aromatic heterocycles. The van der Waals surface area contributed by atoms with Crippen LogP contribution in [0.2, 0.25) is 0 Å². The van der Waals surface area contributed by atoms with E-state index >= 15 is 0 Å². The highest BCUT2D eigenvalue weighted by atomic mass is 16.6. The number of anilines is 1. The van der Waals surface area contributed by atoms with Gasteiger partial charge in [-0.05, 0) is 117 Å². The number of piperazine rings is 1. The third kappa shape index (κ3) is 9.90. The van der Waals surface area contributed by atoms with Crippen LogP contribution in [-0.4, -0.2) is 137 Å². The molecule has 0 unspecified atom stereocenters. The molecule has 4 heterocycles. The standard InChI is InChI=1S/C46H58N6O7.CH4/c1-31-26-33(27-32(2)43(31)54)28-41(59-46(57)51-19-15-38(16-20-51)52-21-12-35-6-3-4-9-40(35)47-45(52)56)44(55)50-17-13-37(14-18-50)49-24-22-48(23-25-49)30-42(53)58-39-11-10-34-7-5-8-36(34)29-39;/h3-4,6,9-11,26-27,29,37-38,41,54H,5,7-8,12-25,28,30H2,1-2H3,(H,47,56);1H4/t41-;/m1./s1. The number of aryl methyl sites for hydroxylation is 4. The number of benzene rings is 3. The average Bonchev–Trinajstić information content (AvgIpc) is 3.64. The molecule has 60 heavy (non-hydrogen) atoms. The summed E-state index contributed by atoms with van der Waals surface area (Å²) in [5.41, 5.74) is 6.84. The minimum Gasteiger partial charge on any atom is -0.507 e. The number of carbonyl (C=O) groups is 4. The lowest BCUT2D eigenvalue weighted by molar-refractivity contribution is -0.142. The Balaban J connectivity index is 0.00000544. The second-order valence-corrected chi connectivity index (χ2v) is 17.0. The largest absolute Gasteiger partial charge is 0.507 e. The van der Waals surface area contributed by atoms with E-state index in [9.17, 15) is 24.3 Å². The van der Waals surface area contributed by atoms with E-state index in [0.29, 0.717) is 68.5 Å². The van der Waals surface area contributed by atoms with E-state index in [0.717, 1.165) is 81.5 Å². The van der Waals surface area contributed by atoms with Crippen molar-refractivity contribution in [2.45, 2.75) is 97.2 Å². The van der Waals surface area contributed by atoms with E-state index in [1.807, 2.05) is 72.2 Å². The number of ether oxygens (including phenoxy) is 2. The molecule has 3 aromatic rings. The number of likely N-dealkylation sites (tertiary alicyclic amines) is 2. The molecule has 0 saturated carbocycles. The maximum Gasteiger partial charge on any atom is 0.410 e. The summed E-state index contributed by atoms with van der Waals surface area (Å²) in [5.74, 6) is 0.417. The van der Waals surface area contributed by atoms with Gasteiger partial charge < -0.3 is 34.6 Å². The topological polar surface area (TPSA) is 135 Å². The molecule has 13 nitrogen and oxygen atoms in total. The van der Waals surface area contributed by atoms with Crippen LogP contribution in [0.25, 0.3) is 0 Å². The zero-order valence-corrected chi connectivity index (χ0v) is 34.5. The van der Waals surface area contributed by atoms with Crippen LogP contribution in [0.5, 0.6) is 11.5 Å². The van der Waals surface area contributed by atoms with Crippen molar-refractivity contribution in [2.24, 2.45) is 0 Å². The van der Waals surface area contributed by atoms with Gasteiger partial charge in [0.2, 0.25) is 0 Å². The van der Waals surface area contributed by atoms with Gasteiger partial charge in [0.15, 0.2) is 6.10 Å². The van der Waals surface area contributed by atoms with Gasteiger partial charge >= 0.3 is 18.1 Å². The maximum atomic E-state index is 14.3. The quantitative estimate of drug-likeness (QED) is 0.198. The third-order valence-electron chi connectivity index (χ3n) is 13.1. The summed E-state index contributed by atoms with van der Waals surface area (Å²) in [7, 11) is 0. The summed E-state index contributed by atoms with van der Waals surface area (Å²) in [6.07, 6.45) is 5.59. The highest BCUT2D eigenvalue weighted by Gasteiger charge is 2.37. The molecule has 3 fully saturated rings. The van der Waals surface area contributed by atoms with Gasteiger partial charge in [-0.15, -0.1) is 0 Å². The van der Waals surface area contributed by atoms with Gasteiger partial charge in [0.1, 0.15) is 11.5 Å². The number of piperidine rings is 2. The van der Waals surface area contributed by atoms with Crippen molar-refractivity contribution < 1.29 is 33.8 Å². The van der Waals surface area contributed by atoms with Gasteiger partial charge in [0, 0.05) is 83.1 Å². The fraction of sp³-hybridized carbons (Fsp3) is 0.532. The van der Waals surface area contributed by atoms with Crippen LogP contribution in [-0.2, 0) is 40.0 Å². The van der Waals surface area contributed by atoms with Gasteiger partial charge in [-0.2, -0.15) is 0 Å². The fourth-order valence-electron chi connectivity index (χ4n) is 9.75. The lowest BCUT2D eigenvalue weighted by Crippen LogP contribution is -2.55. The number of urea groups is 1. The van der Waals surface area contributed by atoms with Crippen LogP contribution in [0.4, 0.5) is 15.3 Å². The van der Waals surface area contributed by atoms with Crippen molar-refractivity contribution in [1.82, 2.24) is 24.5 Å². The van der Waals surface area contributed by atoms with E-state index in [1.165, 1.54) is 11.1 Å². The SMILES string of the molecule is C.Cc1cc(C[C@@H](OC(=O)N2CCC(N3CCc4ccccc4NC3=O)CC2)C(=O)N2CCC(N3CCN(CC(=O)Oc4ccc5c(c4)CCC5)CC3)CC2)cc(C)c1O. The summed E-state index contributed by atoms with van der Waals surface area (Å²) in [4.78, 5) is 64.0. The van der Waals surface area contributed by atoms with E-state index in [1.54, 1.807) is 4.90 Å². The Hall–Kier alpha value is -5.14. The molecule has 13 heteroatoms. The molecule has 4 amide bonds. The Morgan fingerprint density at radius 2 is 1.43 bits per heavy atom. The molecule has 4 aliphatic heterocycles. The van der Waals surface area contributed by atoms with Crippen LogP contribution in [0.3, 0.4) is 0 Å². The van der Waals surface area contributed by atoms with Crippen molar-refractivity contribution in [3.8, 4) is 11.5 Å². The molecule has 3 saturated heterocycles. The number of phenols is 1. The number of aromatic hydroxyl groups is 1. The molecule has 1 aliphatic carbocycles. The van der Waals surface area contributed by atoms with Crippen LogP contribution >= 0.6 is 0 Å². The fourth-order valence-corrected chi connectivity index (χ4v) is 9.75. The second kappa shape index (κ2) is 19.1. The Morgan fingerprint density at radius 1 is 0.767 bits per heavy atom. The molecule has 0 bridgehead atoms. The van der Waals surface area contributed by atoms with E-state index in [-0.39, 0.29) is 50.1 Å². The molecule has 5 aliphatic rings. The highest BCUT2D eigenvalue weighted by Crippen LogP contribution is 2.29. The Kier molecular flexibility index (Phi) is 13.6. The van der Waals surface area contributed by atoms with Crippen molar-refractivity contribution in [3.63, 3.8) is 0 Å². The Morgan fingerprint density at radius 3 is 2.17 bits per heavy atom. The number of nitrogens with zero attached hydrogens (tertiary/aromatic N) is 5. The smallest absolute Gasteiger partial charge is 0.410 e. The van der Waals surface area contributed by atoms with Crippen LogP contribution in [0.1, 0.15) is 72.9 Å². The number of amides is 4. The number of hydrogen-bond acceptors (Lipinski definition) is 9. The van der Waals surface area contributed by atoms with Crippen molar-refractivity contribution in [2.75, 3.05) is 70.8 Å². The van der Waals surface area contributed by atoms with Crippen molar-refractivity contribution >= 4 is 29.7 Å². The minimum absolute atomic E-state index is 0. The molecule has 0 spiro atoms. The minimum atomic E-state index is -1.02. The number of phenolic OH excluding ortho intramolecular Hbond substituents is 1. The van der Waals surface area contributed by atoms with Crippen molar-refractivity contribution in [1.29, 1.82) is 0 Å². The molecule has 0 radical (unpaired) electrons. The van der Waals surface area contributed by atoms with Crippen LogP contribution in [0.15, 0.2) is 54.6 Å². The molecule has 1 atom stereocenters. The predicted molar refractivity (Wildman–Crippen MR) is 230 cm³/mol. The lowest BCUT2D eigenvalue weighted by atomic mass is 9.98. The number of fused-ring (bicyclic) bond motifs is 2. The second-order valence-electron chi connectivity index (χ2n) is 17.0. The molecular weight excluding hydrogens is 761 g/mol. The number of rotatable bonds is 9. The first-order valence-corrected chi connectivity index (χ1v) is 21.6. The number of hydrogen-bond donors (Lipinski definition) is 2. The summed E-state index contributed by atoms with van der Waals surface area (Å²) >= 11 is 0. The number of carbonyl (C=O) groups excluding carboxylic acids is 4. The van der Waals surface area contributed by atoms with Gasteiger partial charge in [-0.1, -0.05) is 43.8 Å².